The highest BCUT2D eigenvalue weighted by atomic mass is 32.2. The van der Waals surface area contributed by atoms with E-state index in [-0.39, 0.29) is 17.1 Å². The first-order valence-electron chi connectivity index (χ1n) is 9.05. The highest BCUT2D eigenvalue weighted by Gasteiger charge is 2.18. The number of anilines is 1. The lowest BCUT2D eigenvalue weighted by molar-refractivity contribution is -0.146. The summed E-state index contributed by atoms with van der Waals surface area (Å²) in [6.45, 7) is 5.30. The first-order chi connectivity index (χ1) is 13.2. The lowest BCUT2D eigenvalue weighted by Gasteiger charge is -2.08. The summed E-state index contributed by atoms with van der Waals surface area (Å²) < 4.78 is 29.6. The zero-order valence-corrected chi connectivity index (χ0v) is 17.1. The molecule has 0 fully saturated rings. The average Bonchev–Trinajstić information content (AvgIpc) is 2.67. The van der Waals surface area contributed by atoms with Gasteiger partial charge in [-0.25, -0.2) is 8.42 Å². The fourth-order valence-corrected chi connectivity index (χ4v) is 3.78. The van der Waals surface area contributed by atoms with E-state index in [0.29, 0.717) is 5.69 Å². The van der Waals surface area contributed by atoms with Gasteiger partial charge in [0.25, 0.3) is 5.91 Å². The second kappa shape index (κ2) is 9.50. The molecule has 0 aliphatic rings. The number of rotatable bonds is 8. The summed E-state index contributed by atoms with van der Waals surface area (Å²) in [7, 11) is -3.59. The lowest BCUT2D eigenvalue weighted by Crippen LogP contribution is -2.22. The van der Waals surface area contributed by atoms with Crippen molar-refractivity contribution in [3.8, 4) is 0 Å². The zero-order valence-electron chi connectivity index (χ0n) is 16.3. The molecule has 2 aromatic carbocycles. The van der Waals surface area contributed by atoms with Crippen LogP contribution in [0.25, 0.3) is 0 Å². The standard InChI is InChI=1S/C21H25NO5S/c1-4-17-6-8-18(9-7-17)22-20(23)14-27-21(24)11-12-28(25,26)19-10-5-15(2)16(3)13-19/h5-10,13H,4,11-12,14H2,1-3H3,(H,22,23). The predicted molar refractivity (Wildman–Crippen MR) is 108 cm³/mol. The monoisotopic (exact) mass is 403 g/mol. The summed E-state index contributed by atoms with van der Waals surface area (Å²) in [5.41, 5.74) is 3.62. The molecule has 0 bridgehead atoms. The summed E-state index contributed by atoms with van der Waals surface area (Å²) in [6.07, 6.45) is 0.588. The minimum absolute atomic E-state index is 0.177. The van der Waals surface area contributed by atoms with E-state index in [2.05, 4.69) is 5.32 Å². The molecule has 0 aliphatic carbocycles. The molecular weight excluding hydrogens is 378 g/mol. The maximum Gasteiger partial charge on any atom is 0.307 e. The van der Waals surface area contributed by atoms with Crippen LogP contribution in [-0.4, -0.2) is 32.7 Å². The van der Waals surface area contributed by atoms with Gasteiger partial charge in [-0.15, -0.1) is 0 Å². The Morgan fingerprint density at radius 1 is 1.00 bits per heavy atom. The summed E-state index contributed by atoms with van der Waals surface area (Å²) >= 11 is 0. The first-order valence-corrected chi connectivity index (χ1v) is 10.7. The highest BCUT2D eigenvalue weighted by Crippen LogP contribution is 2.17. The molecule has 0 aliphatic heterocycles. The van der Waals surface area contributed by atoms with Gasteiger partial charge in [0.1, 0.15) is 0 Å². The number of amides is 1. The normalized spacial score (nSPS) is 11.1. The molecule has 0 spiro atoms. The van der Waals surface area contributed by atoms with Crippen molar-refractivity contribution in [2.75, 3.05) is 17.7 Å². The van der Waals surface area contributed by atoms with Gasteiger partial charge in [0, 0.05) is 5.69 Å². The van der Waals surface area contributed by atoms with Crippen LogP contribution in [0.4, 0.5) is 5.69 Å². The van der Waals surface area contributed by atoms with Crippen LogP contribution >= 0.6 is 0 Å². The van der Waals surface area contributed by atoms with Gasteiger partial charge in [-0.1, -0.05) is 25.1 Å². The fraction of sp³-hybridized carbons (Fsp3) is 0.333. The van der Waals surface area contributed by atoms with E-state index in [4.69, 9.17) is 4.74 Å². The van der Waals surface area contributed by atoms with Crippen molar-refractivity contribution in [3.05, 3.63) is 59.2 Å². The minimum Gasteiger partial charge on any atom is -0.456 e. The number of sulfone groups is 1. The van der Waals surface area contributed by atoms with E-state index in [0.717, 1.165) is 23.1 Å². The van der Waals surface area contributed by atoms with Crippen LogP contribution in [0.2, 0.25) is 0 Å². The molecule has 6 nitrogen and oxygen atoms in total. The summed E-state index contributed by atoms with van der Waals surface area (Å²) in [5, 5.41) is 2.62. The Morgan fingerprint density at radius 3 is 2.29 bits per heavy atom. The van der Waals surface area contributed by atoms with Gasteiger partial charge < -0.3 is 10.1 Å². The number of ether oxygens (including phenoxy) is 1. The third-order valence-corrected chi connectivity index (χ3v) is 6.14. The molecule has 0 aromatic heterocycles. The molecule has 1 amide bonds. The van der Waals surface area contributed by atoms with E-state index in [1.807, 2.05) is 32.9 Å². The van der Waals surface area contributed by atoms with E-state index in [1.54, 1.807) is 24.3 Å². The SMILES string of the molecule is CCc1ccc(NC(=O)COC(=O)CCS(=O)(=O)c2ccc(C)c(C)c2)cc1. The molecule has 1 N–H and O–H groups in total. The Balaban J connectivity index is 1.81. The van der Waals surface area contributed by atoms with E-state index < -0.39 is 28.3 Å². The molecule has 0 saturated heterocycles. The quantitative estimate of drug-likeness (QED) is 0.684. The summed E-state index contributed by atoms with van der Waals surface area (Å²) in [5.74, 6) is -1.58. The Hall–Kier alpha value is -2.67. The Bertz CT molecular complexity index is 949. The molecule has 0 heterocycles. The van der Waals surface area contributed by atoms with Crippen LogP contribution in [0, 0.1) is 13.8 Å². The maximum atomic E-state index is 12.3. The highest BCUT2D eigenvalue weighted by molar-refractivity contribution is 7.91. The van der Waals surface area contributed by atoms with Gasteiger partial charge in [0.2, 0.25) is 0 Å². The van der Waals surface area contributed by atoms with Crippen LogP contribution < -0.4 is 5.32 Å². The number of aryl methyl sites for hydroxylation is 3. The van der Waals surface area contributed by atoms with Crippen molar-refractivity contribution >= 4 is 27.4 Å². The van der Waals surface area contributed by atoms with Crippen LogP contribution in [0.5, 0.6) is 0 Å². The van der Waals surface area contributed by atoms with Crippen LogP contribution in [-0.2, 0) is 30.6 Å². The second-order valence-corrected chi connectivity index (χ2v) is 8.68. The van der Waals surface area contributed by atoms with E-state index >= 15 is 0 Å². The molecule has 0 saturated carbocycles. The van der Waals surface area contributed by atoms with Gasteiger partial charge in [-0.3, -0.25) is 9.59 Å². The van der Waals surface area contributed by atoms with Crippen LogP contribution in [0.3, 0.4) is 0 Å². The fourth-order valence-electron chi connectivity index (χ4n) is 2.48. The Labute approximate surface area is 165 Å². The van der Waals surface area contributed by atoms with Gasteiger partial charge >= 0.3 is 5.97 Å². The number of carbonyl (C=O) groups excluding carboxylic acids is 2. The van der Waals surface area contributed by atoms with Gasteiger partial charge in [-0.05, 0) is 61.2 Å². The molecule has 28 heavy (non-hydrogen) atoms. The third-order valence-electron chi connectivity index (χ3n) is 4.42. The predicted octanol–water partition coefficient (Wildman–Crippen LogP) is 3.21. The largest absolute Gasteiger partial charge is 0.456 e. The molecular formula is C21H25NO5S. The molecule has 7 heteroatoms. The van der Waals surface area contributed by atoms with Crippen molar-refractivity contribution in [2.24, 2.45) is 0 Å². The van der Waals surface area contributed by atoms with E-state index in [1.165, 1.54) is 6.07 Å². The first kappa shape index (κ1) is 21.6. The second-order valence-electron chi connectivity index (χ2n) is 6.57. The molecule has 0 atom stereocenters. The number of hydrogen-bond acceptors (Lipinski definition) is 5. The number of esters is 1. The van der Waals surface area contributed by atoms with Crippen molar-refractivity contribution in [1.29, 1.82) is 0 Å². The molecule has 2 rings (SSSR count). The topological polar surface area (TPSA) is 89.5 Å². The van der Waals surface area contributed by atoms with Crippen LogP contribution in [0.15, 0.2) is 47.4 Å². The van der Waals surface area contributed by atoms with Crippen molar-refractivity contribution < 1.29 is 22.7 Å². The summed E-state index contributed by atoms with van der Waals surface area (Å²) in [6, 6.07) is 12.2. The number of nitrogens with one attached hydrogen (secondary N) is 1. The Kier molecular flexibility index (Phi) is 7.34. The molecule has 0 radical (unpaired) electrons. The smallest absolute Gasteiger partial charge is 0.307 e. The van der Waals surface area contributed by atoms with Gasteiger partial charge in [-0.2, -0.15) is 0 Å². The zero-order chi connectivity index (χ0) is 20.7. The number of carbonyl (C=O) groups is 2. The van der Waals surface area contributed by atoms with Crippen molar-refractivity contribution in [3.63, 3.8) is 0 Å². The summed E-state index contributed by atoms with van der Waals surface area (Å²) in [4.78, 5) is 23.9. The van der Waals surface area contributed by atoms with E-state index in [9.17, 15) is 18.0 Å². The van der Waals surface area contributed by atoms with Crippen molar-refractivity contribution in [1.82, 2.24) is 0 Å². The van der Waals surface area contributed by atoms with Crippen LogP contribution in [0.1, 0.15) is 30.0 Å². The van der Waals surface area contributed by atoms with Crippen molar-refractivity contribution in [2.45, 2.75) is 38.5 Å². The third kappa shape index (κ3) is 6.20. The molecule has 2 aromatic rings. The maximum absolute atomic E-state index is 12.3. The number of benzene rings is 2. The number of hydrogen-bond donors (Lipinski definition) is 1. The van der Waals surface area contributed by atoms with Gasteiger partial charge in [0.15, 0.2) is 16.4 Å². The lowest BCUT2D eigenvalue weighted by atomic mass is 10.1. The average molecular weight is 404 g/mol. The van der Waals surface area contributed by atoms with Gasteiger partial charge in [0.05, 0.1) is 17.1 Å². The molecule has 0 unspecified atom stereocenters. The molecule has 150 valence electrons. The Morgan fingerprint density at radius 2 is 1.68 bits per heavy atom. The minimum atomic E-state index is -3.59.